The number of carbonyl (C=O) groups is 1. The fourth-order valence-corrected chi connectivity index (χ4v) is 3.77. The van der Waals surface area contributed by atoms with Gasteiger partial charge in [-0.15, -0.1) is 0 Å². The van der Waals surface area contributed by atoms with E-state index in [4.69, 9.17) is 9.47 Å². The van der Waals surface area contributed by atoms with E-state index in [2.05, 4.69) is 27.7 Å². The van der Waals surface area contributed by atoms with Gasteiger partial charge in [0, 0.05) is 11.1 Å². The molecule has 0 saturated heterocycles. The number of rotatable bonds is 3. The third-order valence-electron chi connectivity index (χ3n) is 5.29. The van der Waals surface area contributed by atoms with Crippen LogP contribution in [0.2, 0.25) is 0 Å². The maximum Gasteiger partial charge on any atom is 0.343 e. The Morgan fingerprint density at radius 3 is 1.92 bits per heavy atom. The largest absolute Gasteiger partial charge is 0.496 e. The lowest BCUT2D eigenvalue weighted by Crippen LogP contribution is -2.35. The molecule has 0 bridgehead atoms. The fraction of sp³-hybridized carbons (Fsp3) is 0.409. The van der Waals surface area contributed by atoms with Gasteiger partial charge in [-0.25, -0.2) is 4.79 Å². The summed E-state index contributed by atoms with van der Waals surface area (Å²) in [4.78, 5) is 12.6. The number of carbonyl (C=O) groups excluding carboxylic acids is 1. The molecule has 3 nitrogen and oxygen atoms in total. The van der Waals surface area contributed by atoms with Gasteiger partial charge in [-0.05, 0) is 47.9 Å². The van der Waals surface area contributed by atoms with Crippen LogP contribution in [0.4, 0.5) is 0 Å². The van der Waals surface area contributed by atoms with Crippen molar-refractivity contribution in [2.24, 2.45) is 0 Å². The third kappa shape index (κ3) is 3.15. The molecule has 0 unspecified atom stereocenters. The fourth-order valence-electron chi connectivity index (χ4n) is 3.77. The topological polar surface area (TPSA) is 35.5 Å². The van der Waals surface area contributed by atoms with Gasteiger partial charge in [-0.2, -0.15) is 0 Å². The first-order valence-electron chi connectivity index (χ1n) is 8.75. The number of ether oxygens (including phenoxy) is 2. The van der Waals surface area contributed by atoms with Crippen molar-refractivity contribution in [1.82, 2.24) is 0 Å². The molecule has 0 radical (unpaired) electrons. The smallest absolute Gasteiger partial charge is 0.343 e. The van der Waals surface area contributed by atoms with E-state index in [0.717, 1.165) is 29.7 Å². The number of methoxy groups -OCH3 is 1. The molecule has 132 valence electrons. The molecule has 1 aliphatic rings. The van der Waals surface area contributed by atoms with Gasteiger partial charge in [0.15, 0.2) is 0 Å². The van der Waals surface area contributed by atoms with E-state index in [1.54, 1.807) is 19.2 Å². The second kappa shape index (κ2) is 6.21. The first-order valence-corrected chi connectivity index (χ1v) is 8.75. The molecular weight excluding hydrogens is 312 g/mol. The second-order valence-electron chi connectivity index (χ2n) is 8.04. The lowest BCUT2D eigenvalue weighted by Gasteiger charge is -2.43. The Morgan fingerprint density at radius 1 is 0.840 bits per heavy atom. The van der Waals surface area contributed by atoms with Gasteiger partial charge in [-0.1, -0.05) is 45.9 Å². The maximum absolute atomic E-state index is 12.6. The van der Waals surface area contributed by atoms with E-state index in [9.17, 15) is 4.79 Å². The highest BCUT2D eigenvalue weighted by Crippen LogP contribution is 2.52. The molecule has 0 spiro atoms. The highest BCUT2D eigenvalue weighted by atomic mass is 16.5. The lowest BCUT2D eigenvalue weighted by atomic mass is 9.62. The molecule has 3 rings (SSSR count). The van der Waals surface area contributed by atoms with Gasteiger partial charge in [0.05, 0.1) is 12.7 Å². The molecule has 2 aromatic rings. The van der Waals surface area contributed by atoms with Gasteiger partial charge in [0.2, 0.25) is 0 Å². The molecule has 0 fully saturated rings. The summed E-state index contributed by atoms with van der Waals surface area (Å²) in [6.07, 6.45) is 2.11. The normalized spacial score (nSPS) is 17.5. The molecular formula is C22H26O3. The highest BCUT2D eigenvalue weighted by molar-refractivity contribution is 5.91. The molecule has 25 heavy (non-hydrogen) atoms. The lowest BCUT2D eigenvalue weighted by molar-refractivity contribution is 0.0729. The Bertz CT molecular complexity index is 788. The molecule has 1 aliphatic carbocycles. The summed E-state index contributed by atoms with van der Waals surface area (Å²) in [7, 11) is 1.70. The zero-order valence-corrected chi connectivity index (χ0v) is 15.7. The number of hydrogen-bond donors (Lipinski definition) is 0. The molecule has 0 aliphatic heterocycles. The van der Waals surface area contributed by atoms with Gasteiger partial charge >= 0.3 is 5.97 Å². The Balaban J connectivity index is 2.11. The Morgan fingerprint density at radius 2 is 1.36 bits per heavy atom. The van der Waals surface area contributed by atoms with Gasteiger partial charge in [0.1, 0.15) is 11.5 Å². The van der Waals surface area contributed by atoms with Gasteiger partial charge in [0.25, 0.3) is 0 Å². The van der Waals surface area contributed by atoms with Crippen LogP contribution in [0.25, 0.3) is 0 Å². The van der Waals surface area contributed by atoms with Crippen LogP contribution in [0.5, 0.6) is 11.5 Å². The number of hydrogen-bond acceptors (Lipinski definition) is 3. The van der Waals surface area contributed by atoms with Crippen LogP contribution in [0, 0.1) is 0 Å². The number of esters is 1. The first-order chi connectivity index (χ1) is 11.8. The molecule has 0 atom stereocenters. The second-order valence-corrected chi connectivity index (χ2v) is 8.04. The average Bonchev–Trinajstić information content (AvgIpc) is 2.59. The van der Waals surface area contributed by atoms with Crippen LogP contribution in [0.15, 0.2) is 42.5 Å². The van der Waals surface area contributed by atoms with Crippen molar-refractivity contribution >= 4 is 5.97 Å². The summed E-state index contributed by atoms with van der Waals surface area (Å²) in [5.74, 6) is 1.18. The maximum atomic E-state index is 12.6. The number of benzene rings is 2. The van der Waals surface area contributed by atoms with Gasteiger partial charge in [-0.3, -0.25) is 0 Å². The molecule has 0 aromatic heterocycles. The summed E-state index contributed by atoms with van der Waals surface area (Å²) >= 11 is 0. The molecule has 3 heteroatoms. The quantitative estimate of drug-likeness (QED) is 0.565. The van der Waals surface area contributed by atoms with Crippen molar-refractivity contribution in [2.75, 3.05) is 7.11 Å². The Kier molecular flexibility index (Phi) is 4.36. The molecule has 0 N–H and O–H groups in total. The highest BCUT2D eigenvalue weighted by Gasteiger charge is 2.41. The van der Waals surface area contributed by atoms with Crippen molar-refractivity contribution < 1.29 is 14.3 Å². The molecule has 0 saturated carbocycles. The Hall–Kier alpha value is -2.29. The summed E-state index contributed by atoms with van der Waals surface area (Å²) in [6.45, 7) is 8.87. The van der Waals surface area contributed by atoms with Crippen LogP contribution in [-0.4, -0.2) is 13.1 Å². The van der Waals surface area contributed by atoms with Crippen molar-refractivity contribution in [3.05, 3.63) is 59.2 Å². The predicted molar refractivity (Wildman–Crippen MR) is 99.7 cm³/mol. The van der Waals surface area contributed by atoms with E-state index < -0.39 is 0 Å². The standard InChI is InChI=1S/C22H26O3/c1-21(2)13-14-22(3,4)19-17(12-11-16(24-5)18(19)21)25-20(23)15-9-7-6-8-10-15/h6-12H,13-14H2,1-5H3. The summed E-state index contributed by atoms with van der Waals surface area (Å²) < 4.78 is 11.5. The average molecular weight is 338 g/mol. The minimum Gasteiger partial charge on any atom is -0.496 e. The van der Waals surface area contributed by atoms with Crippen LogP contribution in [0.1, 0.15) is 62.0 Å². The Labute approximate surface area is 150 Å². The van der Waals surface area contributed by atoms with Crippen molar-refractivity contribution in [1.29, 1.82) is 0 Å². The summed E-state index contributed by atoms with van der Waals surface area (Å²) in [6, 6.07) is 12.9. The molecule has 0 heterocycles. The SMILES string of the molecule is COc1ccc(OC(=O)c2ccccc2)c2c1C(C)(C)CCC2(C)C. The van der Waals surface area contributed by atoms with Crippen molar-refractivity contribution in [2.45, 2.75) is 51.4 Å². The first kappa shape index (κ1) is 17.5. The van der Waals surface area contributed by atoms with Crippen LogP contribution in [0.3, 0.4) is 0 Å². The molecule has 2 aromatic carbocycles. The summed E-state index contributed by atoms with van der Waals surface area (Å²) in [5.41, 5.74) is 2.70. The monoisotopic (exact) mass is 338 g/mol. The van der Waals surface area contributed by atoms with Crippen LogP contribution >= 0.6 is 0 Å². The summed E-state index contributed by atoms with van der Waals surface area (Å²) in [5, 5.41) is 0. The zero-order valence-electron chi connectivity index (χ0n) is 15.7. The zero-order chi connectivity index (χ0) is 18.2. The van der Waals surface area contributed by atoms with E-state index in [-0.39, 0.29) is 16.8 Å². The predicted octanol–water partition coefficient (Wildman–Crippen LogP) is 5.26. The number of fused-ring (bicyclic) bond motifs is 1. The van der Waals surface area contributed by atoms with E-state index in [1.165, 1.54) is 0 Å². The third-order valence-corrected chi connectivity index (χ3v) is 5.29. The van der Waals surface area contributed by atoms with Gasteiger partial charge < -0.3 is 9.47 Å². The van der Waals surface area contributed by atoms with E-state index in [0.29, 0.717) is 11.3 Å². The van der Waals surface area contributed by atoms with Crippen molar-refractivity contribution in [3.8, 4) is 11.5 Å². The van der Waals surface area contributed by atoms with Crippen LogP contribution in [-0.2, 0) is 10.8 Å². The molecule has 0 amide bonds. The van der Waals surface area contributed by atoms with Crippen LogP contribution < -0.4 is 9.47 Å². The van der Waals surface area contributed by atoms with Crippen molar-refractivity contribution in [3.63, 3.8) is 0 Å². The minimum atomic E-state index is -0.327. The minimum absolute atomic E-state index is 0.0225. The van der Waals surface area contributed by atoms with E-state index in [1.807, 2.05) is 30.3 Å². The van der Waals surface area contributed by atoms with E-state index >= 15 is 0 Å².